The Hall–Kier alpha value is -1.37. The summed E-state index contributed by atoms with van der Waals surface area (Å²) in [5.41, 5.74) is 0. The summed E-state index contributed by atoms with van der Waals surface area (Å²) in [5, 5.41) is 0. The lowest BCUT2D eigenvalue weighted by Crippen LogP contribution is -2.43. The molecule has 0 N–H and O–H groups in total. The van der Waals surface area contributed by atoms with E-state index in [2.05, 4.69) is 16.8 Å². The zero-order valence-electron chi connectivity index (χ0n) is 15.6. The van der Waals surface area contributed by atoms with E-state index in [1.165, 1.54) is 6.42 Å². The van der Waals surface area contributed by atoms with Gasteiger partial charge in [0.15, 0.2) is 5.76 Å². The summed E-state index contributed by atoms with van der Waals surface area (Å²) in [4.78, 5) is 19.3. The average Bonchev–Trinajstić information content (AvgIpc) is 3.10. The topological polar surface area (TPSA) is 49.2 Å². The van der Waals surface area contributed by atoms with Crippen molar-refractivity contribution >= 4 is 5.91 Å². The number of hydrogen-bond acceptors (Lipinski definition) is 5. The van der Waals surface area contributed by atoms with Gasteiger partial charge in [-0.15, -0.1) is 0 Å². The zero-order chi connectivity index (χ0) is 17.6. The molecule has 0 aliphatic carbocycles. The van der Waals surface area contributed by atoms with Crippen LogP contribution in [0.3, 0.4) is 0 Å². The molecule has 0 radical (unpaired) electrons. The second-order valence-corrected chi connectivity index (χ2v) is 7.18. The second kappa shape index (κ2) is 8.83. The standard InChI is InChI=1S/C19H31N3O3/c1-3-22(15-16-6-4-5-13-24-16)19(23)18-8-7-17(25-18)14-21-11-9-20(2)10-12-21/h7-8,16H,3-6,9-15H2,1-2H3/t16-/m1/s1. The number of nitrogens with zero attached hydrogens (tertiary/aromatic N) is 3. The van der Waals surface area contributed by atoms with Gasteiger partial charge < -0.3 is 19.0 Å². The van der Waals surface area contributed by atoms with Crippen molar-refractivity contribution in [2.75, 3.05) is 52.9 Å². The number of rotatable bonds is 6. The number of hydrogen-bond donors (Lipinski definition) is 0. The molecule has 3 heterocycles. The molecule has 2 saturated heterocycles. The van der Waals surface area contributed by atoms with E-state index in [9.17, 15) is 4.79 Å². The monoisotopic (exact) mass is 349 g/mol. The molecule has 1 amide bonds. The Morgan fingerprint density at radius 1 is 1.24 bits per heavy atom. The summed E-state index contributed by atoms with van der Waals surface area (Å²) in [6.45, 7) is 9.17. The third-order valence-electron chi connectivity index (χ3n) is 5.21. The van der Waals surface area contributed by atoms with Crippen molar-refractivity contribution in [3.8, 4) is 0 Å². The lowest BCUT2D eigenvalue weighted by atomic mass is 10.1. The summed E-state index contributed by atoms with van der Waals surface area (Å²) >= 11 is 0. The maximum absolute atomic E-state index is 12.8. The number of amides is 1. The van der Waals surface area contributed by atoms with Crippen LogP contribution in [0, 0.1) is 0 Å². The molecular formula is C19H31N3O3. The van der Waals surface area contributed by atoms with Crippen LogP contribution in [0.15, 0.2) is 16.5 Å². The first-order chi connectivity index (χ1) is 12.2. The van der Waals surface area contributed by atoms with E-state index in [0.717, 1.165) is 57.9 Å². The zero-order valence-corrected chi connectivity index (χ0v) is 15.6. The molecule has 25 heavy (non-hydrogen) atoms. The molecule has 0 spiro atoms. The Bertz CT molecular complexity index is 546. The van der Waals surface area contributed by atoms with Crippen molar-refractivity contribution in [3.05, 3.63) is 23.7 Å². The third-order valence-corrected chi connectivity index (χ3v) is 5.21. The number of furan rings is 1. The first-order valence-corrected chi connectivity index (χ1v) is 9.56. The Balaban J connectivity index is 1.55. The Kier molecular flexibility index (Phi) is 6.51. The number of ether oxygens (including phenoxy) is 1. The second-order valence-electron chi connectivity index (χ2n) is 7.18. The van der Waals surface area contributed by atoms with Crippen molar-refractivity contribution in [3.63, 3.8) is 0 Å². The number of carbonyl (C=O) groups is 1. The fraction of sp³-hybridized carbons (Fsp3) is 0.737. The van der Waals surface area contributed by atoms with E-state index in [-0.39, 0.29) is 12.0 Å². The molecular weight excluding hydrogens is 318 g/mol. The molecule has 1 aromatic rings. The first-order valence-electron chi connectivity index (χ1n) is 9.56. The molecule has 6 heteroatoms. The number of piperazine rings is 1. The predicted octanol–water partition coefficient (Wildman–Crippen LogP) is 2.06. The van der Waals surface area contributed by atoms with Gasteiger partial charge in [0.1, 0.15) is 5.76 Å². The molecule has 0 bridgehead atoms. The van der Waals surface area contributed by atoms with Crippen molar-refractivity contribution < 1.29 is 13.9 Å². The van der Waals surface area contributed by atoms with Crippen LogP contribution < -0.4 is 0 Å². The largest absolute Gasteiger partial charge is 0.455 e. The van der Waals surface area contributed by atoms with Crippen molar-refractivity contribution in [2.24, 2.45) is 0 Å². The summed E-state index contributed by atoms with van der Waals surface area (Å²) < 4.78 is 11.6. The smallest absolute Gasteiger partial charge is 0.289 e. The Labute approximate surface area is 150 Å². The first kappa shape index (κ1) is 18.4. The van der Waals surface area contributed by atoms with Crippen LogP contribution in [0.2, 0.25) is 0 Å². The molecule has 0 unspecified atom stereocenters. The van der Waals surface area contributed by atoms with E-state index in [0.29, 0.717) is 18.8 Å². The van der Waals surface area contributed by atoms with Gasteiger partial charge in [-0.2, -0.15) is 0 Å². The average molecular weight is 349 g/mol. The van der Waals surface area contributed by atoms with Gasteiger partial charge in [-0.3, -0.25) is 9.69 Å². The lowest BCUT2D eigenvalue weighted by molar-refractivity contribution is -0.00374. The number of carbonyl (C=O) groups excluding carboxylic acids is 1. The SMILES string of the molecule is CCN(C[C@H]1CCCCO1)C(=O)c1ccc(CN2CCN(C)CC2)o1. The fourth-order valence-corrected chi connectivity index (χ4v) is 3.51. The summed E-state index contributed by atoms with van der Waals surface area (Å²) in [6, 6.07) is 3.76. The molecule has 0 aromatic carbocycles. The van der Waals surface area contributed by atoms with Crippen molar-refractivity contribution in [2.45, 2.75) is 38.8 Å². The van der Waals surface area contributed by atoms with Crippen LogP contribution in [-0.4, -0.2) is 79.6 Å². The van der Waals surface area contributed by atoms with Crippen LogP contribution >= 0.6 is 0 Å². The van der Waals surface area contributed by atoms with Crippen LogP contribution in [0.4, 0.5) is 0 Å². The highest BCUT2D eigenvalue weighted by atomic mass is 16.5. The minimum absolute atomic E-state index is 0.0266. The van der Waals surface area contributed by atoms with Gasteiger partial charge in [-0.05, 0) is 45.4 Å². The lowest BCUT2D eigenvalue weighted by Gasteiger charge is -2.31. The minimum atomic E-state index is -0.0266. The highest BCUT2D eigenvalue weighted by molar-refractivity contribution is 5.91. The molecule has 1 atom stereocenters. The number of likely N-dealkylation sites (N-methyl/N-ethyl adjacent to an activating group) is 2. The summed E-state index contributed by atoms with van der Waals surface area (Å²) in [5.74, 6) is 1.29. The highest BCUT2D eigenvalue weighted by Gasteiger charge is 2.24. The van der Waals surface area contributed by atoms with E-state index < -0.39 is 0 Å². The third kappa shape index (κ3) is 5.06. The normalized spacial score (nSPS) is 22.9. The molecule has 2 fully saturated rings. The van der Waals surface area contributed by atoms with Gasteiger partial charge in [0, 0.05) is 45.9 Å². The Morgan fingerprint density at radius 2 is 2.04 bits per heavy atom. The molecule has 3 rings (SSSR count). The molecule has 2 aliphatic rings. The van der Waals surface area contributed by atoms with Crippen LogP contribution in [0.25, 0.3) is 0 Å². The van der Waals surface area contributed by atoms with Gasteiger partial charge in [0.05, 0.1) is 12.6 Å². The maximum atomic E-state index is 12.8. The van der Waals surface area contributed by atoms with Gasteiger partial charge in [0.2, 0.25) is 0 Å². The molecule has 0 saturated carbocycles. The van der Waals surface area contributed by atoms with E-state index in [1.807, 2.05) is 24.0 Å². The van der Waals surface area contributed by atoms with Gasteiger partial charge in [-0.25, -0.2) is 0 Å². The Morgan fingerprint density at radius 3 is 2.72 bits per heavy atom. The molecule has 140 valence electrons. The van der Waals surface area contributed by atoms with Gasteiger partial charge in [0.25, 0.3) is 5.91 Å². The molecule has 6 nitrogen and oxygen atoms in total. The molecule has 2 aliphatic heterocycles. The quantitative estimate of drug-likeness (QED) is 0.787. The van der Waals surface area contributed by atoms with Crippen LogP contribution in [-0.2, 0) is 11.3 Å². The van der Waals surface area contributed by atoms with E-state index in [4.69, 9.17) is 9.15 Å². The minimum Gasteiger partial charge on any atom is -0.455 e. The van der Waals surface area contributed by atoms with Crippen LogP contribution in [0.1, 0.15) is 42.5 Å². The predicted molar refractivity (Wildman–Crippen MR) is 96.7 cm³/mol. The maximum Gasteiger partial charge on any atom is 0.289 e. The summed E-state index contributed by atoms with van der Waals surface area (Å²) in [6.07, 6.45) is 3.52. The van der Waals surface area contributed by atoms with Gasteiger partial charge in [-0.1, -0.05) is 0 Å². The summed E-state index contributed by atoms with van der Waals surface area (Å²) in [7, 11) is 2.15. The van der Waals surface area contributed by atoms with Gasteiger partial charge >= 0.3 is 0 Å². The fourth-order valence-electron chi connectivity index (χ4n) is 3.51. The van der Waals surface area contributed by atoms with E-state index in [1.54, 1.807) is 0 Å². The van der Waals surface area contributed by atoms with Crippen molar-refractivity contribution in [1.29, 1.82) is 0 Å². The van der Waals surface area contributed by atoms with E-state index >= 15 is 0 Å². The highest BCUT2D eigenvalue weighted by Crippen LogP contribution is 2.17. The van der Waals surface area contributed by atoms with Crippen molar-refractivity contribution in [1.82, 2.24) is 14.7 Å². The van der Waals surface area contributed by atoms with Crippen LogP contribution in [0.5, 0.6) is 0 Å². The molecule has 1 aromatic heterocycles.